The molecule has 0 fully saturated rings. The molecule has 0 aliphatic heterocycles. The van der Waals surface area contributed by atoms with Crippen LogP contribution in [-0.4, -0.2) is 35.3 Å². The summed E-state index contributed by atoms with van der Waals surface area (Å²) in [5, 5.41) is 27.0. The Morgan fingerprint density at radius 3 is 2.26 bits per heavy atom. The van der Waals surface area contributed by atoms with Crippen LogP contribution >= 0.6 is 0 Å². The number of hydrogen-bond donors (Lipinski definition) is 1. The van der Waals surface area contributed by atoms with Gasteiger partial charge in [0, 0.05) is 23.4 Å². The number of oxime groups is 1. The van der Waals surface area contributed by atoms with E-state index in [0.29, 0.717) is 22.6 Å². The molecule has 0 bridgehead atoms. The summed E-state index contributed by atoms with van der Waals surface area (Å²) in [6, 6.07) is 14.6. The van der Waals surface area contributed by atoms with Crippen LogP contribution in [0.5, 0.6) is 17.2 Å². The zero-order valence-electron chi connectivity index (χ0n) is 19.0. The average molecular weight is 476 g/mol. The van der Waals surface area contributed by atoms with Gasteiger partial charge in [0.1, 0.15) is 11.5 Å². The molecular formula is C24H20N4O7. The molecule has 0 spiro atoms. The fourth-order valence-corrected chi connectivity index (χ4v) is 3.86. The smallest absolute Gasteiger partial charge is 0.321 e. The highest BCUT2D eigenvalue weighted by molar-refractivity contribution is 6.10. The predicted molar refractivity (Wildman–Crippen MR) is 130 cm³/mol. The Hall–Kier alpha value is -4.93. The van der Waals surface area contributed by atoms with Crippen molar-refractivity contribution in [1.29, 1.82) is 0 Å². The zero-order chi connectivity index (χ0) is 25.1. The first-order valence-corrected chi connectivity index (χ1v) is 10.3. The van der Waals surface area contributed by atoms with E-state index in [1.165, 1.54) is 13.3 Å². The molecule has 35 heavy (non-hydrogen) atoms. The lowest BCUT2D eigenvalue weighted by Gasteiger charge is -2.11. The van der Waals surface area contributed by atoms with Crippen LogP contribution in [0.25, 0.3) is 22.0 Å². The molecule has 11 nitrogen and oxygen atoms in total. The molecule has 0 aliphatic carbocycles. The third kappa shape index (κ3) is 4.34. The van der Waals surface area contributed by atoms with Crippen molar-refractivity contribution in [3.05, 3.63) is 86.1 Å². The summed E-state index contributed by atoms with van der Waals surface area (Å²) in [6.45, 7) is 1.94. The lowest BCUT2D eigenvalue weighted by atomic mass is 10.00. The van der Waals surface area contributed by atoms with Gasteiger partial charge in [0.25, 0.3) is 5.69 Å². The van der Waals surface area contributed by atoms with E-state index in [1.54, 1.807) is 13.2 Å². The van der Waals surface area contributed by atoms with E-state index in [2.05, 4.69) is 10.1 Å². The number of H-pyrrole nitrogens is 1. The van der Waals surface area contributed by atoms with Gasteiger partial charge in [-0.2, -0.15) is 0 Å². The molecule has 4 rings (SSSR count). The number of fused-ring (bicyclic) bond motifs is 1. The van der Waals surface area contributed by atoms with Gasteiger partial charge in [0.05, 0.1) is 52.8 Å². The van der Waals surface area contributed by atoms with E-state index in [9.17, 15) is 20.2 Å². The quantitative estimate of drug-likeness (QED) is 0.204. The molecule has 1 heterocycles. The van der Waals surface area contributed by atoms with Gasteiger partial charge in [-0.25, -0.2) is 0 Å². The summed E-state index contributed by atoms with van der Waals surface area (Å²) in [6.07, 6.45) is 1.36. The molecule has 0 unspecified atom stereocenters. The van der Waals surface area contributed by atoms with Crippen molar-refractivity contribution in [1.82, 2.24) is 4.98 Å². The second-order valence-corrected chi connectivity index (χ2v) is 7.43. The average Bonchev–Trinajstić information content (AvgIpc) is 3.21. The van der Waals surface area contributed by atoms with Crippen LogP contribution < -0.4 is 14.3 Å². The maximum Gasteiger partial charge on any atom is 0.321 e. The molecule has 0 saturated carbocycles. The monoisotopic (exact) mass is 476 g/mol. The van der Waals surface area contributed by atoms with Gasteiger partial charge < -0.3 is 19.3 Å². The van der Waals surface area contributed by atoms with E-state index in [1.807, 2.05) is 37.3 Å². The van der Waals surface area contributed by atoms with E-state index in [4.69, 9.17) is 14.3 Å². The minimum Gasteiger partial charge on any atom is -0.496 e. The number of nitrogens with zero attached hydrogens (tertiary/aromatic N) is 3. The van der Waals surface area contributed by atoms with Crippen molar-refractivity contribution in [2.75, 3.05) is 14.2 Å². The van der Waals surface area contributed by atoms with Crippen LogP contribution in [0.15, 0.2) is 59.8 Å². The van der Waals surface area contributed by atoms with Gasteiger partial charge in [-0.3, -0.25) is 20.2 Å². The number of nitro groups is 2. The second kappa shape index (κ2) is 9.51. The van der Waals surface area contributed by atoms with Crippen molar-refractivity contribution in [3.8, 4) is 28.4 Å². The Kier molecular flexibility index (Phi) is 6.32. The van der Waals surface area contributed by atoms with E-state index in [0.717, 1.165) is 40.4 Å². The number of non-ortho nitro benzene ring substituents is 1. The minimum absolute atomic E-state index is 0.242. The van der Waals surface area contributed by atoms with Gasteiger partial charge in [-0.1, -0.05) is 35.5 Å². The lowest BCUT2D eigenvalue weighted by Crippen LogP contribution is -1.98. The summed E-state index contributed by atoms with van der Waals surface area (Å²) >= 11 is 0. The highest BCUT2D eigenvalue weighted by Crippen LogP contribution is 2.42. The van der Waals surface area contributed by atoms with E-state index >= 15 is 0 Å². The zero-order valence-corrected chi connectivity index (χ0v) is 19.0. The number of rotatable bonds is 8. The van der Waals surface area contributed by atoms with Crippen molar-refractivity contribution < 1.29 is 24.2 Å². The summed E-state index contributed by atoms with van der Waals surface area (Å²) in [5.74, 6) is 0.776. The number of nitro benzene ring substituents is 2. The number of aromatic amines is 1. The summed E-state index contributed by atoms with van der Waals surface area (Å²) < 4.78 is 11.2. The lowest BCUT2D eigenvalue weighted by molar-refractivity contribution is -0.394. The topological polar surface area (TPSA) is 142 Å². The Morgan fingerprint density at radius 2 is 1.63 bits per heavy atom. The van der Waals surface area contributed by atoms with Crippen LogP contribution in [0.4, 0.5) is 11.4 Å². The normalized spacial score (nSPS) is 11.1. The molecule has 11 heteroatoms. The van der Waals surface area contributed by atoms with Crippen LogP contribution in [-0.2, 0) is 0 Å². The Bertz CT molecular complexity index is 1460. The van der Waals surface area contributed by atoms with Crippen LogP contribution in [0.3, 0.4) is 0 Å². The standard InChI is InChI=1S/C24H20N4O7/c1-14-22(15-7-5-4-6-8-15)23-21(34-3)12-20(33-2)17(24(23)26-14)13-25-35-19-10-9-16(27(29)30)11-18(19)28(31)32/h4-13,26H,1-3H3/b25-13+. The molecule has 0 saturated heterocycles. The summed E-state index contributed by atoms with van der Waals surface area (Å²) in [7, 11) is 3.06. The third-order valence-corrected chi connectivity index (χ3v) is 5.42. The molecule has 1 aromatic heterocycles. The van der Waals surface area contributed by atoms with Crippen LogP contribution in [0.1, 0.15) is 11.3 Å². The number of ether oxygens (including phenoxy) is 2. The van der Waals surface area contributed by atoms with E-state index in [-0.39, 0.29) is 5.75 Å². The molecule has 178 valence electrons. The van der Waals surface area contributed by atoms with Crippen LogP contribution in [0.2, 0.25) is 0 Å². The molecular weight excluding hydrogens is 456 g/mol. The number of nitrogens with one attached hydrogen (secondary N) is 1. The summed E-state index contributed by atoms with van der Waals surface area (Å²) in [5.41, 5.74) is 3.01. The van der Waals surface area contributed by atoms with Crippen molar-refractivity contribution in [2.24, 2.45) is 5.16 Å². The summed E-state index contributed by atoms with van der Waals surface area (Å²) in [4.78, 5) is 29.4. The van der Waals surface area contributed by atoms with Gasteiger partial charge in [-0.15, -0.1) is 0 Å². The molecule has 4 aromatic rings. The highest BCUT2D eigenvalue weighted by atomic mass is 16.7. The Balaban J connectivity index is 1.82. The number of aromatic nitrogens is 1. The number of hydrogen-bond acceptors (Lipinski definition) is 8. The van der Waals surface area contributed by atoms with Gasteiger partial charge in [-0.05, 0) is 18.6 Å². The maximum absolute atomic E-state index is 11.4. The van der Waals surface area contributed by atoms with Crippen LogP contribution in [0, 0.1) is 27.2 Å². The van der Waals surface area contributed by atoms with Gasteiger partial charge >= 0.3 is 5.69 Å². The fourth-order valence-electron chi connectivity index (χ4n) is 3.86. The van der Waals surface area contributed by atoms with Crippen molar-refractivity contribution in [2.45, 2.75) is 6.92 Å². The van der Waals surface area contributed by atoms with Crippen molar-refractivity contribution in [3.63, 3.8) is 0 Å². The van der Waals surface area contributed by atoms with Crippen molar-refractivity contribution >= 4 is 28.5 Å². The third-order valence-electron chi connectivity index (χ3n) is 5.42. The first-order valence-electron chi connectivity index (χ1n) is 10.3. The van der Waals surface area contributed by atoms with Gasteiger partial charge in [0.2, 0.25) is 5.75 Å². The molecule has 3 aromatic carbocycles. The highest BCUT2D eigenvalue weighted by Gasteiger charge is 2.22. The molecule has 0 atom stereocenters. The SMILES string of the molecule is COc1cc(OC)c2c(-c3ccccc3)c(C)[nH]c2c1/C=N/Oc1ccc([N+](=O)[O-])cc1[N+](=O)[O-]. The van der Waals surface area contributed by atoms with E-state index < -0.39 is 21.2 Å². The molecule has 0 aliphatic rings. The fraction of sp³-hybridized carbons (Fsp3) is 0.125. The second-order valence-electron chi connectivity index (χ2n) is 7.43. The Morgan fingerprint density at radius 1 is 0.914 bits per heavy atom. The largest absolute Gasteiger partial charge is 0.496 e. The maximum atomic E-state index is 11.4. The first kappa shape index (κ1) is 23.2. The van der Waals surface area contributed by atoms with Gasteiger partial charge in [0.15, 0.2) is 0 Å². The number of benzene rings is 3. The first-order chi connectivity index (χ1) is 16.8. The predicted octanol–water partition coefficient (Wildman–Crippen LogP) is 5.39. The Labute approximate surface area is 198 Å². The molecule has 0 amide bonds. The number of methoxy groups -OCH3 is 2. The number of aryl methyl sites for hydroxylation is 1. The molecule has 1 N–H and O–H groups in total. The minimum atomic E-state index is -0.773. The molecule has 0 radical (unpaired) electrons.